The van der Waals surface area contributed by atoms with E-state index < -0.39 is 0 Å². The van der Waals surface area contributed by atoms with Crippen molar-refractivity contribution in [1.29, 1.82) is 0 Å². The molecule has 3 rings (SSSR count). The normalized spacial score (nSPS) is 17.8. The molecule has 0 spiro atoms. The fourth-order valence-electron chi connectivity index (χ4n) is 2.97. The largest absolute Gasteiger partial charge is 0.375 e. The maximum atomic E-state index is 13.0. The van der Waals surface area contributed by atoms with E-state index in [0.717, 1.165) is 5.56 Å². The van der Waals surface area contributed by atoms with Gasteiger partial charge in [-0.2, -0.15) is 0 Å². The van der Waals surface area contributed by atoms with Crippen molar-refractivity contribution in [3.8, 4) is 0 Å². The van der Waals surface area contributed by atoms with Crippen molar-refractivity contribution in [1.82, 2.24) is 10.6 Å². The number of nitrogens with one attached hydrogen (secondary N) is 2. The van der Waals surface area contributed by atoms with Gasteiger partial charge < -0.3 is 15.4 Å². The van der Waals surface area contributed by atoms with Gasteiger partial charge in [0.25, 0.3) is 0 Å². The van der Waals surface area contributed by atoms with Crippen LogP contribution in [0.5, 0.6) is 0 Å². The highest BCUT2D eigenvalue weighted by molar-refractivity contribution is 5.82. The number of fused-ring (bicyclic) bond motifs is 1. The summed E-state index contributed by atoms with van der Waals surface area (Å²) < 4.78 is 18.4. The first-order chi connectivity index (χ1) is 11.7. The van der Waals surface area contributed by atoms with E-state index in [-0.39, 0.29) is 23.9 Å². The molecule has 126 valence electrons. The summed E-state index contributed by atoms with van der Waals surface area (Å²) >= 11 is 0. The molecular formula is C19H21FN2O2. The third kappa shape index (κ3) is 3.80. The number of carbonyl (C=O) groups is 1. The monoisotopic (exact) mass is 328 g/mol. The first-order valence-electron chi connectivity index (χ1n) is 8.03. The van der Waals surface area contributed by atoms with E-state index in [1.807, 2.05) is 12.1 Å². The maximum Gasteiger partial charge on any atom is 0.237 e. The van der Waals surface area contributed by atoms with Crippen molar-refractivity contribution >= 4 is 5.91 Å². The molecule has 2 atom stereocenters. The second-order valence-corrected chi connectivity index (χ2v) is 5.93. The predicted molar refractivity (Wildman–Crippen MR) is 89.9 cm³/mol. The van der Waals surface area contributed by atoms with Gasteiger partial charge in [-0.05, 0) is 35.2 Å². The molecule has 2 N–H and O–H groups in total. The van der Waals surface area contributed by atoms with Gasteiger partial charge in [0.2, 0.25) is 5.91 Å². The number of benzene rings is 2. The van der Waals surface area contributed by atoms with Crippen LogP contribution in [0, 0.1) is 5.82 Å². The second kappa shape index (κ2) is 7.55. The molecule has 0 aliphatic carbocycles. The highest BCUT2D eigenvalue weighted by Gasteiger charge is 2.24. The van der Waals surface area contributed by atoms with Crippen LogP contribution >= 0.6 is 0 Å². The average molecular weight is 328 g/mol. The topological polar surface area (TPSA) is 50.4 Å². The second-order valence-electron chi connectivity index (χ2n) is 5.93. The van der Waals surface area contributed by atoms with Crippen LogP contribution in [0.25, 0.3) is 0 Å². The molecule has 1 aliphatic rings. The Morgan fingerprint density at radius 1 is 1.25 bits per heavy atom. The molecule has 24 heavy (non-hydrogen) atoms. The Labute approximate surface area is 141 Å². The number of ether oxygens (including phenoxy) is 1. The van der Waals surface area contributed by atoms with Crippen LogP contribution < -0.4 is 10.6 Å². The maximum absolute atomic E-state index is 13.0. The Hall–Kier alpha value is -2.24. The van der Waals surface area contributed by atoms with Gasteiger partial charge in [0.05, 0.1) is 12.1 Å². The van der Waals surface area contributed by atoms with Crippen LogP contribution in [0.2, 0.25) is 0 Å². The Kier molecular flexibility index (Phi) is 5.23. The lowest BCUT2D eigenvalue weighted by Crippen LogP contribution is -2.48. The third-order valence-electron chi connectivity index (χ3n) is 4.39. The highest BCUT2D eigenvalue weighted by Crippen LogP contribution is 2.18. The fourth-order valence-corrected chi connectivity index (χ4v) is 2.97. The van der Waals surface area contributed by atoms with Gasteiger partial charge in [0, 0.05) is 20.2 Å². The number of rotatable bonds is 5. The summed E-state index contributed by atoms with van der Waals surface area (Å²) in [6.07, 6.45) is 0.376. The molecule has 0 fully saturated rings. The van der Waals surface area contributed by atoms with E-state index in [2.05, 4.69) is 22.8 Å². The lowest BCUT2D eigenvalue weighted by molar-refractivity contribution is -0.123. The zero-order chi connectivity index (χ0) is 16.9. The Morgan fingerprint density at radius 2 is 1.96 bits per heavy atom. The Balaban J connectivity index is 1.58. The van der Waals surface area contributed by atoms with Crippen molar-refractivity contribution in [2.24, 2.45) is 0 Å². The van der Waals surface area contributed by atoms with Crippen LogP contribution in [0.1, 0.15) is 22.8 Å². The van der Waals surface area contributed by atoms with Crippen LogP contribution in [0.3, 0.4) is 0 Å². The molecular weight excluding hydrogens is 307 g/mol. The average Bonchev–Trinajstić information content (AvgIpc) is 2.63. The van der Waals surface area contributed by atoms with Gasteiger partial charge in [-0.1, -0.05) is 36.4 Å². The number of methoxy groups -OCH3 is 1. The zero-order valence-electron chi connectivity index (χ0n) is 13.6. The fraction of sp³-hybridized carbons (Fsp3) is 0.316. The van der Waals surface area contributed by atoms with Crippen LogP contribution in [-0.4, -0.2) is 25.6 Å². The zero-order valence-corrected chi connectivity index (χ0v) is 13.6. The lowest BCUT2D eigenvalue weighted by Gasteiger charge is -2.26. The first kappa shape index (κ1) is 16.6. The predicted octanol–water partition coefficient (Wildman–Crippen LogP) is 2.34. The van der Waals surface area contributed by atoms with E-state index in [4.69, 9.17) is 4.74 Å². The molecule has 1 heterocycles. The molecule has 0 radical (unpaired) electrons. The van der Waals surface area contributed by atoms with Crippen LogP contribution in [0.15, 0.2) is 48.5 Å². The molecule has 0 unspecified atom stereocenters. The van der Waals surface area contributed by atoms with Crippen molar-refractivity contribution in [2.75, 3.05) is 13.7 Å². The van der Waals surface area contributed by atoms with Crippen molar-refractivity contribution in [3.05, 3.63) is 71.0 Å². The Morgan fingerprint density at radius 3 is 2.67 bits per heavy atom. The van der Waals surface area contributed by atoms with Gasteiger partial charge in [0.15, 0.2) is 0 Å². The molecule has 4 nitrogen and oxygen atoms in total. The number of hydrogen-bond donors (Lipinski definition) is 2. The van der Waals surface area contributed by atoms with Crippen molar-refractivity contribution in [2.45, 2.75) is 25.1 Å². The summed E-state index contributed by atoms with van der Waals surface area (Å²) in [7, 11) is 1.58. The number of carbonyl (C=O) groups excluding carboxylic acids is 1. The van der Waals surface area contributed by atoms with E-state index >= 15 is 0 Å². The molecule has 1 amide bonds. The smallest absolute Gasteiger partial charge is 0.237 e. The number of hydrogen-bond acceptors (Lipinski definition) is 3. The van der Waals surface area contributed by atoms with Gasteiger partial charge in [-0.15, -0.1) is 0 Å². The van der Waals surface area contributed by atoms with Gasteiger partial charge in [0.1, 0.15) is 5.82 Å². The molecule has 1 aliphatic heterocycles. The summed E-state index contributed by atoms with van der Waals surface area (Å²) in [4.78, 5) is 12.4. The summed E-state index contributed by atoms with van der Waals surface area (Å²) in [5, 5.41) is 6.19. The van der Waals surface area contributed by atoms with E-state index in [0.29, 0.717) is 19.5 Å². The minimum Gasteiger partial charge on any atom is -0.375 e. The SMILES string of the molecule is CO[C@@H](CNC(=O)[C@H]1Cc2ccccc2CN1)c1ccc(F)cc1. The quantitative estimate of drug-likeness (QED) is 0.886. The Bertz CT molecular complexity index is 703. The molecule has 0 saturated carbocycles. The molecule has 2 aromatic carbocycles. The van der Waals surface area contributed by atoms with Crippen molar-refractivity contribution in [3.63, 3.8) is 0 Å². The summed E-state index contributed by atoms with van der Waals surface area (Å²) in [6.45, 7) is 1.04. The summed E-state index contributed by atoms with van der Waals surface area (Å²) in [5.74, 6) is -0.337. The van der Waals surface area contributed by atoms with Gasteiger partial charge in [-0.3, -0.25) is 4.79 Å². The van der Waals surface area contributed by atoms with E-state index in [9.17, 15) is 9.18 Å². The third-order valence-corrected chi connectivity index (χ3v) is 4.39. The van der Waals surface area contributed by atoms with E-state index in [1.54, 1.807) is 19.2 Å². The van der Waals surface area contributed by atoms with E-state index in [1.165, 1.54) is 23.3 Å². The minimum absolute atomic E-state index is 0.0475. The number of amides is 1. The van der Waals surface area contributed by atoms with Crippen LogP contribution in [-0.2, 0) is 22.5 Å². The number of halogens is 1. The summed E-state index contributed by atoms with van der Waals surface area (Å²) in [6, 6.07) is 14.0. The standard InChI is InChI=1S/C19H21FN2O2/c1-24-18(13-6-8-16(20)9-7-13)12-22-19(23)17-10-14-4-2-3-5-15(14)11-21-17/h2-9,17-18,21H,10-12H2,1H3,(H,22,23)/t17-,18+/m1/s1. The highest BCUT2D eigenvalue weighted by atomic mass is 19.1. The molecule has 0 aromatic heterocycles. The first-order valence-corrected chi connectivity index (χ1v) is 8.03. The van der Waals surface area contributed by atoms with Crippen molar-refractivity contribution < 1.29 is 13.9 Å². The summed E-state index contributed by atoms with van der Waals surface area (Å²) in [5.41, 5.74) is 3.28. The molecule has 0 saturated heterocycles. The minimum atomic E-state index is -0.301. The molecule has 5 heteroatoms. The molecule has 0 bridgehead atoms. The van der Waals surface area contributed by atoms with Crippen LogP contribution in [0.4, 0.5) is 4.39 Å². The molecule has 2 aromatic rings. The van der Waals surface area contributed by atoms with Gasteiger partial charge in [-0.25, -0.2) is 4.39 Å². The van der Waals surface area contributed by atoms with Gasteiger partial charge >= 0.3 is 0 Å². The lowest BCUT2D eigenvalue weighted by atomic mass is 9.95.